The van der Waals surface area contributed by atoms with Gasteiger partial charge < -0.3 is 10.1 Å². The molecule has 1 saturated heterocycles. The van der Waals surface area contributed by atoms with Crippen LogP contribution in [0.1, 0.15) is 23.5 Å². The second-order valence-electron chi connectivity index (χ2n) is 4.27. The molecule has 2 rings (SSSR count). The van der Waals surface area contributed by atoms with E-state index in [2.05, 4.69) is 24.4 Å². The van der Waals surface area contributed by atoms with Crippen LogP contribution in [-0.2, 0) is 9.53 Å². The quantitative estimate of drug-likeness (QED) is 0.768. The molecule has 1 heterocycles. The molecular formula is C13H17NO2. The van der Waals surface area contributed by atoms with Gasteiger partial charge in [0.05, 0.1) is 7.11 Å². The standard InChI is InChI=1S/C13H17NO2/c1-9-5-3-4-6-11(9)10-7-12(14-8-10)13(15)16-2/h3-6,10,12,14H,7-8H2,1-2H3. The van der Waals surface area contributed by atoms with E-state index in [0.717, 1.165) is 13.0 Å². The Labute approximate surface area is 95.8 Å². The first-order valence-corrected chi connectivity index (χ1v) is 5.59. The lowest BCUT2D eigenvalue weighted by Crippen LogP contribution is -2.31. The van der Waals surface area contributed by atoms with Crippen LogP contribution in [0.4, 0.5) is 0 Å². The molecule has 1 aliphatic rings. The van der Waals surface area contributed by atoms with Gasteiger partial charge in [-0.2, -0.15) is 0 Å². The van der Waals surface area contributed by atoms with Crippen LogP contribution in [0.15, 0.2) is 24.3 Å². The minimum atomic E-state index is -0.156. The van der Waals surface area contributed by atoms with Gasteiger partial charge in [-0.15, -0.1) is 0 Å². The summed E-state index contributed by atoms with van der Waals surface area (Å²) >= 11 is 0. The number of carbonyl (C=O) groups excluding carboxylic acids is 1. The first-order chi connectivity index (χ1) is 7.72. The third-order valence-corrected chi connectivity index (χ3v) is 3.24. The van der Waals surface area contributed by atoms with Crippen molar-refractivity contribution in [2.24, 2.45) is 0 Å². The maximum Gasteiger partial charge on any atom is 0.322 e. The summed E-state index contributed by atoms with van der Waals surface area (Å²) in [6.07, 6.45) is 0.831. The van der Waals surface area contributed by atoms with Crippen molar-refractivity contribution in [3.63, 3.8) is 0 Å². The molecule has 1 aromatic carbocycles. The number of hydrogen-bond acceptors (Lipinski definition) is 3. The lowest BCUT2D eigenvalue weighted by molar-refractivity contribution is -0.142. The van der Waals surface area contributed by atoms with Crippen LogP contribution in [0.25, 0.3) is 0 Å². The van der Waals surface area contributed by atoms with Crippen molar-refractivity contribution >= 4 is 5.97 Å². The molecule has 0 saturated carbocycles. The van der Waals surface area contributed by atoms with Crippen molar-refractivity contribution in [2.75, 3.05) is 13.7 Å². The second kappa shape index (κ2) is 4.66. The monoisotopic (exact) mass is 219 g/mol. The maximum absolute atomic E-state index is 11.4. The van der Waals surface area contributed by atoms with Gasteiger partial charge in [-0.1, -0.05) is 24.3 Å². The topological polar surface area (TPSA) is 38.3 Å². The number of methoxy groups -OCH3 is 1. The largest absolute Gasteiger partial charge is 0.468 e. The van der Waals surface area contributed by atoms with Gasteiger partial charge in [-0.05, 0) is 30.4 Å². The lowest BCUT2D eigenvalue weighted by Gasteiger charge is -2.12. The number of carbonyl (C=O) groups is 1. The predicted molar refractivity (Wildman–Crippen MR) is 62.3 cm³/mol. The Hall–Kier alpha value is -1.35. The zero-order chi connectivity index (χ0) is 11.5. The molecule has 0 aromatic heterocycles. The molecule has 1 fully saturated rings. The number of esters is 1. The second-order valence-corrected chi connectivity index (χ2v) is 4.27. The summed E-state index contributed by atoms with van der Waals surface area (Å²) in [6.45, 7) is 2.96. The van der Waals surface area contributed by atoms with E-state index in [9.17, 15) is 4.79 Å². The smallest absolute Gasteiger partial charge is 0.322 e. The van der Waals surface area contributed by atoms with Crippen molar-refractivity contribution in [3.8, 4) is 0 Å². The molecule has 2 unspecified atom stereocenters. The van der Waals surface area contributed by atoms with Crippen LogP contribution in [0.5, 0.6) is 0 Å². The SMILES string of the molecule is COC(=O)C1CC(c2ccccc2C)CN1. The van der Waals surface area contributed by atoms with Crippen LogP contribution in [0, 0.1) is 6.92 Å². The number of nitrogens with one attached hydrogen (secondary N) is 1. The molecule has 3 heteroatoms. The van der Waals surface area contributed by atoms with Crippen molar-refractivity contribution in [1.29, 1.82) is 0 Å². The van der Waals surface area contributed by atoms with Gasteiger partial charge in [0.25, 0.3) is 0 Å². The van der Waals surface area contributed by atoms with Crippen LogP contribution >= 0.6 is 0 Å². The van der Waals surface area contributed by atoms with Gasteiger partial charge >= 0.3 is 5.97 Å². The van der Waals surface area contributed by atoms with Crippen LogP contribution in [0.3, 0.4) is 0 Å². The fraction of sp³-hybridized carbons (Fsp3) is 0.462. The average molecular weight is 219 g/mol. The third-order valence-electron chi connectivity index (χ3n) is 3.24. The van der Waals surface area contributed by atoms with Gasteiger partial charge in [0.1, 0.15) is 6.04 Å². The molecule has 1 N–H and O–H groups in total. The summed E-state index contributed by atoms with van der Waals surface area (Å²) in [5.74, 6) is 0.265. The summed E-state index contributed by atoms with van der Waals surface area (Å²) in [4.78, 5) is 11.4. The lowest BCUT2D eigenvalue weighted by atomic mass is 9.93. The van der Waals surface area contributed by atoms with Gasteiger partial charge in [0.2, 0.25) is 0 Å². The highest BCUT2D eigenvalue weighted by Crippen LogP contribution is 2.28. The fourth-order valence-electron chi connectivity index (χ4n) is 2.34. The fourth-order valence-corrected chi connectivity index (χ4v) is 2.34. The number of benzene rings is 1. The van der Waals surface area contributed by atoms with E-state index in [1.165, 1.54) is 18.2 Å². The Morgan fingerprint density at radius 1 is 1.44 bits per heavy atom. The first kappa shape index (κ1) is 11.1. The van der Waals surface area contributed by atoms with Crippen LogP contribution in [0.2, 0.25) is 0 Å². The van der Waals surface area contributed by atoms with Gasteiger partial charge in [0.15, 0.2) is 0 Å². The Morgan fingerprint density at radius 2 is 2.19 bits per heavy atom. The molecule has 2 atom stereocenters. The highest BCUT2D eigenvalue weighted by atomic mass is 16.5. The molecular weight excluding hydrogens is 202 g/mol. The molecule has 16 heavy (non-hydrogen) atoms. The summed E-state index contributed by atoms with van der Waals surface area (Å²) < 4.78 is 4.75. The van der Waals surface area contributed by atoms with Gasteiger partial charge in [-0.3, -0.25) is 4.79 Å². The van der Waals surface area contributed by atoms with E-state index in [0.29, 0.717) is 5.92 Å². The van der Waals surface area contributed by atoms with Crippen molar-refractivity contribution < 1.29 is 9.53 Å². The summed E-state index contributed by atoms with van der Waals surface area (Å²) in [5, 5.41) is 3.21. The van der Waals surface area contributed by atoms with E-state index in [1.807, 2.05) is 12.1 Å². The first-order valence-electron chi connectivity index (χ1n) is 5.59. The maximum atomic E-state index is 11.4. The molecule has 0 aliphatic carbocycles. The zero-order valence-corrected chi connectivity index (χ0v) is 9.69. The van der Waals surface area contributed by atoms with E-state index in [4.69, 9.17) is 4.74 Å². The highest BCUT2D eigenvalue weighted by Gasteiger charge is 2.31. The highest BCUT2D eigenvalue weighted by molar-refractivity contribution is 5.76. The number of rotatable bonds is 2. The number of aryl methyl sites for hydroxylation is 1. The summed E-state index contributed by atoms with van der Waals surface area (Å²) in [7, 11) is 1.44. The van der Waals surface area contributed by atoms with Gasteiger partial charge in [0, 0.05) is 6.54 Å². The normalized spacial score (nSPS) is 24.4. The van der Waals surface area contributed by atoms with E-state index in [-0.39, 0.29) is 12.0 Å². The molecule has 3 nitrogen and oxygen atoms in total. The van der Waals surface area contributed by atoms with E-state index >= 15 is 0 Å². The molecule has 86 valence electrons. The Bertz CT molecular complexity index is 389. The van der Waals surface area contributed by atoms with Gasteiger partial charge in [-0.25, -0.2) is 0 Å². The van der Waals surface area contributed by atoms with E-state index < -0.39 is 0 Å². The molecule has 0 amide bonds. The third kappa shape index (κ3) is 2.09. The Balaban J connectivity index is 2.09. The molecule has 0 radical (unpaired) electrons. The van der Waals surface area contributed by atoms with Crippen LogP contribution in [-0.4, -0.2) is 25.7 Å². The minimum Gasteiger partial charge on any atom is -0.468 e. The number of ether oxygens (including phenoxy) is 1. The molecule has 0 bridgehead atoms. The Kier molecular flexibility index (Phi) is 3.25. The van der Waals surface area contributed by atoms with Crippen molar-refractivity contribution in [1.82, 2.24) is 5.32 Å². The molecule has 0 spiro atoms. The molecule has 1 aliphatic heterocycles. The zero-order valence-electron chi connectivity index (χ0n) is 9.69. The van der Waals surface area contributed by atoms with Crippen molar-refractivity contribution in [3.05, 3.63) is 35.4 Å². The minimum absolute atomic E-state index is 0.144. The average Bonchev–Trinajstić information content (AvgIpc) is 2.78. The number of hydrogen-bond donors (Lipinski definition) is 1. The van der Waals surface area contributed by atoms with E-state index in [1.54, 1.807) is 0 Å². The predicted octanol–water partition coefficient (Wildman–Crippen LogP) is 1.61. The Morgan fingerprint density at radius 3 is 2.88 bits per heavy atom. The summed E-state index contributed by atoms with van der Waals surface area (Å²) in [6, 6.07) is 8.20. The van der Waals surface area contributed by atoms with Crippen molar-refractivity contribution in [2.45, 2.75) is 25.3 Å². The van der Waals surface area contributed by atoms with Crippen LogP contribution < -0.4 is 5.32 Å². The molecule has 1 aromatic rings. The summed E-state index contributed by atoms with van der Waals surface area (Å²) in [5.41, 5.74) is 2.63.